The molecule has 0 amide bonds. The van der Waals surface area contributed by atoms with E-state index in [4.69, 9.17) is 34.8 Å². The third-order valence-corrected chi connectivity index (χ3v) is 2.94. The Kier molecular flexibility index (Phi) is 3.33. The van der Waals surface area contributed by atoms with Crippen molar-refractivity contribution in [2.75, 3.05) is 6.54 Å². The van der Waals surface area contributed by atoms with Crippen LogP contribution in [0.2, 0.25) is 0 Å². The standard InChI is InChI=1S/C8H12Cl3N/c1-5-3-4-12-7(6(5)2)8(9,10)11/h7,12H,3-4H2,1-2H3. The van der Waals surface area contributed by atoms with Crippen LogP contribution in [0.1, 0.15) is 20.3 Å². The first kappa shape index (κ1) is 10.6. The van der Waals surface area contributed by atoms with Crippen LogP contribution >= 0.6 is 34.8 Å². The van der Waals surface area contributed by atoms with E-state index in [1.165, 1.54) is 5.57 Å². The fourth-order valence-corrected chi connectivity index (χ4v) is 2.08. The van der Waals surface area contributed by atoms with E-state index >= 15 is 0 Å². The average Bonchev–Trinajstić information content (AvgIpc) is 1.92. The van der Waals surface area contributed by atoms with Crippen molar-refractivity contribution >= 4 is 34.8 Å². The molecule has 1 heterocycles. The highest BCUT2D eigenvalue weighted by molar-refractivity contribution is 6.68. The molecule has 1 rings (SSSR count). The summed E-state index contributed by atoms with van der Waals surface area (Å²) in [5.74, 6) is 0. The summed E-state index contributed by atoms with van der Waals surface area (Å²) in [6, 6.07) is -0.128. The third-order valence-electron chi connectivity index (χ3n) is 2.28. The molecule has 0 saturated heterocycles. The van der Waals surface area contributed by atoms with E-state index in [1.54, 1.807) is 0 Å². The zero-order valence-corrected chi connectivity index (χ0v) is 9.39. The molecule has 0 fully saturated rings. The third kappa shape index (κ3) is 2.29. The molecule has 4 heteroatoms. The summed E-state index contributed by atoms with van der Waals surface area (Å²) in [5.41, 5.74) is 2.48. The van der Waals surface area contributed by atoms with Crippen LogP contribution in [0.25, 0.3) is 0 Å². The van der Waals surface area contributed by atoms with Gasteiger partial charge in [0.15, 0.2) is 0 Å². The number of rotatable bonds is 0. The van der Waals surface area contributed by atoms with Gasteiger partial charge in [-0.1, -0.05) is 45.9 Å². The fraction of sp³-hybridized carbons (Fsp3) is 0.750. The van der Waals surface area contributed by atoms with E-state index < -0.39 is 3.79 Å². The minimum atomic E-state index is -1.23. The van der Waals surface area contributed by atoms with Crippen molar-refractivity contribution in [3.05, 3.63) is 11.1 Å². The molecule has 0 aliphatic carbocycles. The Morgan fingerprint density at radius 1 is 1.33 bits per heavy atom. The molecule has 1 atom stereocenters. The van der Waals surface area contributed by atoms with Gasteiger partial charge in [-0.2, -0.15) is 0 Å². The van der Waals surface area contributed by atoms with E-state index in [2.05, 4.69) is 12.2 Å². The molecule has 0 saturated carbocycles. The van der Waals surface area contributed by atoms with Crippen molar-refractivity contribution in [3.8, 4) is 0 Å². The SMILES string of the molecule is CC1=C(C)C(C(Cl)(Cl)Cl)NCC1. The van der Waals surface area contributed by atoms with Crippen LogP contribution in [-0.4, -0.2) is 16.4 Å². The Hall–Kier alpha value is 0.570. The molecule has 0 aromatic carbocycles. The molecule has 0 bridgehead atoms. The Morgan fingerprint density at radius 2 is 1.92 bits per heavy atom. The topological polar surface area (TPSA) is 12.0 Å². The van der Waals surface area contributed by atoms with Gasteiger partial charge in [-0.15, -0.1) is 0 Å². The lowest BCUT2D eigenvalue weighted by Crippen LogP contribution is -2.44. The van der Waals surface area contributed by atoms with Crippen LogP contribution in [0.15, 0.2) is 11.1 Å². The maximum atomic E-state index is 5.81. The summed E-state index contributed by atoms with van der Waals surface area (Å²) in [6.07, 6.45) is 1.04. The van der Waals surface area contributed by atoms with E-state index in [0.717, 1.165) is 18.5 Å². The second-order valence-corrected chi connectivity index (χ2v) is 5.51. The van der Waals surface area contributed by atoms with Gasteiger partial charge in [0, 0.05) is 0 Å². The molecule has 70 valence electrons. The van der Waals surface area contributed by atoms with Gasteiger partial charge in [0.1, 0.15) is 0 Å². The number of hydrogen-bond acceptors (Lipinski definition) is 1. The molecule has 0 spiro atoms. The summed E-state index contributed by atoms with van der Waals surface area (Å²) >= 11 is 17.4. The normalized spacial score (nSPS) is 26.2. The number of hydrogen-bond donors (Lipinski definition) is 1. The smallest absolute Gasteiger partial charge is 0.209 e. The first-order chi connectivity index (χ1) is 5.43. The molecule has 1 unspecified atom stereocenters. The summed E-state index contributed by atoms with van der Waals surface area (Å²) in [7, 11) is 0. The van der Waals surface area contributed by atoms with Crippen molar-refractivity contribution in [2.45, 2.75) is 30.1 Å². The molecule has 0 aromatic heterocycles. The number of nitrogens with one attached hydrogen (secondary N) is 1. The summed E-state index contributed by atoms with van der Waals surface area (Å²) in [4.78, 5) is 0. The van der Waals surface area contributed by atoms with E-state index in [1.807, 2.05) is 6.92 Å². The zero-order chi connectivity index (χ0) is 9.35. The first-order valence-electron chi connectivity index (χ1n) is 3.89. The largest absolute Gasteiger partial charge is 0.306 e. The van der Waals surface area contributed by atoms with Crippen LogP contribution in [0.3, 0.4) is 0 Å². The zero-order valence-electron chi connectivity index (χ0n) is 7.13. The molecule has 1 aliphatic rings. The summed E-state index contributed by atoms with van der Waals surface area (Å²) in [5, 5.41) is 3.19. The van der Waals surface area contributed by atoms with Crippen molar-refractivity contribution in [3.63, 3.8) is 0 Å². The maximum Gasteiger partial charge on any atom is 0.209 e. The van der Waals surface area contributed by atoms with Crippen molar-refractivity contribution in [2.24, 2.45) is 0 Å². The molecule has 1 aliphatic heterocycles. The summed E-state index contributed by atoms with van der Waals surface area (Å²) < 4.78 is -1.23. The van der Waals surface area contributed by atoms with Crippen LogP contribution < -0.4 is 5.32 Å². The van der Waals surface area contributed by atoms with Gasteiger partial charge in [0.25, 0.3) is 0 Å². The summed E-state index contributed by atoms with van der Waals surface area (Å²) in [6.45, 7) is 4.98. The van der Waals surface area contributed by atoms with Crippen LogP contribution in [0.4, 0.5) is 0 Å². The lowest BCUT2D eigenvalue weighted by Gasteiger charge is -2.31. The Morgan fingerprint density at radius 3 is 2.33 bits per heavy atom. The lowest BCUT2D eigenvalue weighted by molar-refractivity contribution is 0.540. The fourth-order valence-electron chi connectivity index (χ4n) is 1.36. The molecule has 0 radical (unpaired) electrons. The number of halogens is 3. The second-order valence-electron chi connectivity index (χ2n) is 3.14. The van der Waals surface area contributed by atoms with E-state index in [0.29, 0.717) is 0 Å². The first-order valence-corrected chi connectivity index (χ1v) is 5.02. The average molecular weight is 229 g/mol. The molecule has 1 nitrogen and oxygen atoms in total. The van der Waals surface area contributed by atoms with Gasteiger partial charge >= 0.3 is 0 Å². The predicted octanol–water partition coefficient (Wildman–Crippen LogP) is 3.05. The van der Waals surface area contributed by atoms with Gasteiger partial charge in [-0.25, -0.2) is 0 Å². The van der Waals surface area contributed by atoms with Crippen LogP contribution in [0, 0.1) is 0 Å². The highest BCUT2D eigenvalue weighted by atomic mass is 35.6. The van der Waals surface area contributed by atoms with Crippen molar-refractivity contribution in [1.29, 1.82) is 0 Å². The predicted molar refractivity (Wildman–Crippen MR) is 55.1 cm³/mol. The van der Waals surface area contributed by atoms with E-state index in [-0.39, 0.29) is 6.04 Å². The van der Waals surface area contributed by atoms with Crippen molar-refractivity contribution < 1.29 is 0 Å². The van der Waals surface area contributed by atoms with Crippen LogP contribution in [-0.2, 0) is 0 Å². The van der Waals surface area contributed by atoms with Gasteiger partial charge in [0.2, 0.25) is 3.79 Å². The quantitative estimate of drug-likeness (QED) is 0.496. The van der Waals surface area contributed by atoms with E-state index in [9.17, 15) is 0 Å². The molecule has 12 heavy (non-hydrogen) atoms. The molecular weight excluding hydrogens is 216 g/mol. The van der Waals surface area contributed by atoms with Crippen molar-refractivity contribution in [1.82, 2.24) is 5.32 Å². The van der Waals surface area contributed by atoms with Gasteiger partial charge in [0.05, 0.1) is 6.04 Å². The minimum Gasteiger partial charge on any atom is -0.306 e. The maximum absolute atomic E-state index is 5.81. The Bertz CT molecular complexity index is 205. The Labute approximate surface area is 88.1 Å². The van der Waals surface area contributed by atoms with Gasteiger partial charge < -0.3 is 5.32 Å². The number of alkyl halides is 3. The lowest BCUT2D eigenvalue weighted by atomic mass is 9.98. The molecule has 0 aromatic rings. The van der Waals surface area contributed by atoms with Gasteiger partial charge in [-0.05, 0) is 26.8 Å². The highest BCUT2D eigenvalue weighted by Crippen LogP contribution is 2.36. The van der Waals surface area contributed by atoms with Gasteiger partial charge in [-0.3, -0.25) is 0 Å². The Balaban J connectivity index is 2.86. The molecular formula is C8H12Cl3N. The van der Waals surface area contributed by atoms with Crippen LogP contribution in [0.5, 0.6) is 0 Å². The second kappa shape index (κ2) is 3.75. The molecule has 1 N–H and O–H groups in total. The highest BCUT2D eigenvalue weighted by Gasteiger charge is 2.35. The minimum absolute atomic E-state index is 0.128. The monoisotopic (exact) mass is 227 g/mol.